The third kappa shape index (κ3) is 4.14. The summed E-state index contributed by atoms with van der Waals surface area (Å²) in [5, 5.41) is 0.213. The second kappa shape index (κ2) is 8.89. The average molecular weight is 485 g/mol. The van der Waals surface area contributed by atoms with E-state index in [-0.39, 0.29) is 46.0 Å². The zero-order chi connectivity index (χ0) is 23.2. The highest BCUT2D eigenvalue weighted by Crippen LogP contribution is 2.59. The van der Waals surface area contributed by atoms with E-state index in [4.69, 9.17) is 11.6 Å². The van der Waals surface area contributed by atoms with Gasteiger partial charge in [0.25, 0.3) is 0 Å². The smallest absolute Gasteiger partial charge is 0.229 e. The summed E-state index contributed by atoms with van der Waals surface area (Å²) in [7, 11) is 0. The highest BCUT2D eigenvalue weighted by molar-refractivity contribution is 7.89. The van der Waals surface area contributed by atoms with E-state index in [2.05, 4.69) is 4.72 Å². The van der Waals surface area contributed by atoms with Crippen molar-refractivity contribution >= 4 is 28.9 Å². The zero-order valence-electron chi connectivity index (χ0n) is 17.7. The molecule has 0 bridgehead atoms. The first-order valence-electron chi connectivity index (χ1n) is 10.5. The Bertz CT molecular complexity index is 1020. The van der Waals surface area contributed by atoms with Gasteiger partial charge in [0.05, 0.1) is 24.1 Å². The summed E-state index contributed by atoms with van der Waals surface area (Å²) in [4.78, 5) is 14.7. The number of nitrogens with zero attached hydrogens (tertiary/aromatic N) is 1. The number of hydrogen-bond donors (Lipinski definition) is 1. The van der Waals surface area contributed by atoms with Crippen molar-refractivity contribution in [3.05, 3.63) is 58.6 Å². The number of halogens is 4. The first-order valence-corrected chi connectivity index (χ1v) is 12.2. The fourth-order valence-corrected chi connectivity index (χ4v) is 5.17. The molecule has 1 aliphatic heterocycles. The Kier molecular flexibility index (Phi) is 6.51. The SMILES string of the molecule is CC[S+]([O-])NC[C@@H]1[C@H](C)CN1C(=O)C1CC1(F)c1ccc(Cl)cc1-c1c(F)cccc1F. The number of benzene rings is 2. The second-order valence-corrected chi connectivity index (χ2v) is 10.4. The molecule has 2 aliphatic rings. The van der Waals surface area contributed by atoms with Crippen LogP contribution in [0.25, 0.3) is 11.1 Å². The number of alkyl halides is 1. The Morgan fingerprint density at radius 3 is 2.62 bits per heavy atom. The second-order valence-electron chi connectivity index (χ2n) is 8.42. The molecule has 1 saturated carbocycles. The van der Waals surface area contributed by atoms with E-state index >= 15 is 4.39 Å². The van der Waals surface area contributed by atoms with E-state index < -0.39 is 34.6 Å². The van der Waals surface area contributed by atoms with Gasteiger partial charge < -0.3 is 9.45 Å². The van der Waals surface area contributed by atoms with E-state index in [1.165, 1.54) is 24.3 Å². The molecule has 1 aliphatic carbocycles. The predicted octanol–water partition coefficient (Wildman–Crippen LogP) is 4.59. The summed E-state index contributed by atoms with van der Waals surface area (Å²) in [5.41, 5.74) is -2.32. The van der Waals surface area contributed by atoms with E-state index in [1.54, 1.807) is 11.8 Å². The molecule has 3 unspecified atom stereocenters. The molecule has 9 heteroatoms. The van der Waals surface area contributed by atoms with Gasteiger partial charge >= 0.3 is 0 Å². The van der Waals surface area contributed by atoms with Crippen molar-refractivity contribution in [2.45, 2.75) is 32.0 Å². The first kappa shape index (κ1) is 23.4. The molecule has 0 spiro atoms. The zero-order valence-corrected chi connectivity index (χ0v) is 19.3. The van der Waals surface area contributed by atoms with Gasteiger partial charge in [-0.15, -0.1) is 4.72 Å². The lowest BCUT2D eigenvalue weighted by atomic mass is 9.89. The van der Waals surface area contributed by atoms with Gasteiger partial charge in [0, 0.05) is 29.4 Å². The highest BCUT2D eigenvalue weighted by Gasteiger charge is 2.64. The summed E-state index contributed by atoms with van der Waals surface area (Å²) >= 11 is 4.88. The Morgan fingerprint density at radius 1 is 1.31 bits per heavy atom. The third-order valence-corrected chi connectivity index (χ3v) is 7.64. The number of carbonyl (C=O) groups excluding carboxylic acids is 1. The minimum atomic E-state index is -2.03. The van der Waals surface area contributed by atoms with Gasteiger partial charge in [-0.05, 0) is 48.2 Å². The molecule has 1 amide bonds. The lowest BCUT2D eigenvalue weighted by Crippen LogP contribution is -2.62. The van der Waals surface area contributed by atoms with Gasteiger partial charge in [0.15, 0.2) is 0 Å². The van der Waals surface area contributed by atoms with Crippen molar-refractivity contribution in [2.24, 2.45) is 11.8 Å². The van der Waals surface area contributed by atoms with Crippen LogP contribution in [-0.2, 0) is 21.8 Å². The van der Waals surface area contributed by atoms with Crippen LogP contribution in [0.2, 0.25) is 5.02 Å². The normalized spacial score (nSPS) is 27.7. The van der Waals surface area contributed by atoms with Crippen LogP contribution in [0, 0.1) is 23.5 Å². The first-order chi connectivity index (χ1) is 15.2. The Morgan fingerprint density at radius 2 is 2.00 bits per heavy atom. The molecule has 2 fully saturated rings. The quantitative estimate of drug-likeness (QED) is 0.585. The maximum absolute atomic E-state index is 16.0. The van der Waals surface area contributed by atoms with Crippen molar-refractivity contribution in [1.29, 1.82) is 0 Å². The van der Waals surface area contributed by atoms with Crippen molar-refractivity contribution in [3.63, 3.8) is 0 Å². The van der Waals surface area contributed by atoms with E-state index in [0.29, 0.717) is 18.8 Å². The van der Waals surface area contributed by atoms with Gasteiger partial charge in [0.1, 0.15) is 23.1 Å². The topological polar surface area (TPSA) is 55.4 Å². The Hall–Kier alpha value is -1.74. The number of amides is 1. The molecule has 2 aromatic rings. The van der Waals surface area contributed by atoms with E-state index in [0.717, 1.165) is 12.1 Å². The minimum Gasteiger partial charge on any atom is -0.598 e. The molecule has 1 saturated heterocycles. The Labute approximate surface area is 193 Å². The molecule has 1 N–H and O–H groups in total. The third-order valence-electron chi connectivity index (χ3n) is 6.39. The van der Waals surface area contributed by atoms with Crippen molar-refractivity contribution in [1.82, 2.24) is 9.62 Å². The maximum atomic E-state index is 16.0. The summed E-state index contributed by atoms with van der Waals surface area (Å²) in [6.45, 7) is 4.64. The van der Waals surface area contributed by atoms with Crippen LogP contribution in [0.4, 0.5) is 13.2 Å². The van der Waals surface area contributed by atoms with Gasteiger partial charge in [-0.25, -0.2) is 13.2 Å². The lowest BCUT2D eigenvalue weighted by molar-refractivity contribution is -0.145. The number of likely N-dealkylation sites (tertiary alicyclic amines) is 1. The highest BCUT2D eigenvalue weighted by atomic mass is 35.5. The average Bonchev–Trinajstić information content (AvgIpc) is 3.43. The predicted molar refractivity (Wildman–Crippen MR) is 119 cm³/mol. The van der Waals surface area contributed by atoms with E-state index in [1.807, 2.05) is 6.92 Å². The van der Waals surface area contributed by atoms with Crippen LogP contribution in [0.5, 0.6) is 0 Å². The molecule has 4 rings (SSSR count). The van der Waals surface area contributed by atoms with Crippen molar-refractivity contribution in [2.75, 3.05) is 18.8 Å². The van der Waals surface area contributed by atoms with Gasteiger partial charge in [-0.3, -0.25) is 4.79 Å². The standard InChI is InChI=1S/C23H24ClF3N2O2S/c1-3-32(31)28-11-20-13(2)12-29(20)22(30)17-10-23(17,27)16-8-7-14(24)9-15(16)21-18(25)5-4-6-19(21)26/h4-9,13,17,20,28H,3,10-12H2,1-2H3/t13-,17?,20-,23?,32?/m1/s1. The number of rotatable bonds is 7. The molecule has 2 aromatic carbocycles. The van der Waals surface area contributed by atoms with Gasteiger partial charge in [-0.1, -0.05) is 30.7 Å². The molecule has 0 radical (unpaired) electrons. The molecule has 32 heavy (non-hydrogen) atoms. The molecule has 172 valence electrons. The molecule has 1 heterocycles. The van der Waals surface area contributed by atoms with Crippen LogP contribution in [0.15, 0.2) is 36.4 Å². The lowest BCUT2D eigenvalue weighted by Gasteiger charge is -2.47. The van der Waals surface area contributed by atoms with E-state index in [9.17, 15) is 18.1 Å². The van der Waals surface area contributed by atoms with Gasteiger partial charge in [-0.2, -0.15) is 0 Å². The molecule has 5 atom stereocenters. The molecule has 0 aromatic heterocycles. The van der Waals surface area contributed by atoms with Crippen molar-refractivity contribution < 1.29 is 22.5 Å². The van der Waals surface area contributed by atoms with Crippen molar-refractivity contribution in [3.8, 4) is 11.1 Å². The summed E-state index contributed by atoms with van der Waals surface area (Å²) < 4.78 is 59.5. The minimum absolute atomic E-state index is 0.0134. The fraction of sp³-hybridized carbons (Fsp3) is 0.435. The largest absolute Gasteiger partial charge is 0.598 e. The Balaban J connectivity index is 1.59. The number of nitrogens with one attached hydrogen (secondary N) is 1. The molecule has 4 nitrogen and oxygen atoms in total. The maximum Gasteiger partial charge on any atom is 0.229 e. The van der Waals surface area contributed by atoms with Crippen LogP contribution < -0.4 is 4.72 Å². The molecular weight excluding hydrogens is 461 g/mol. The van der Waals surface area contributed by atoms with Crippen LogP contribution in [0.3, 0.4) is 0 Å². The van der Waals surface area contributed by atoms with Crippen LogP contribution >= 0.6 is 11.6 Å². The summed E-state index contributed by atoms with van der Waals surface area (Å²) in [5.74, 6) is -2.28. The molecular formula is C23H24ClF3N2O2S. The van der Waals surface area contributed by atoms with Crippen LogP contribution in [-0.4, -0.2) is 40.2 Å². The monoisotopic (exact) mass is 484 g/mol. The summed E-state index contributed by atoms with van der Waals surface area (Å²) in [6, 6.07) is 7.45. The number of hydrogen-bond acceptors (Lipinski definition) is 3. The van der Waals surface area contributed by atoms with Crippen LogP contribution in [0.1, 0.15) is 25.8 Å². The fourth-order valence-electron chi connectivity index (χ4n) is 4.44. The number of carbonyl (C=O) groups is 1. The van der Waals surface area contributed by atoms with Gasteiger partial charge in [0.2, 0.25) is 5.91 Å². The summed E-state index contributed by atoms with van der Waals surface area (Å²) in [6.07, 6.45) is -0.0670.